The van der Waals surface area contributed by atoms with Crippen LogP contribution in [0, 0.1) is 6.92 Å². The highest BCUT2D eigenvalue weighted by Gasteiger charge is 2.29. The molecule has 0 spiro atoms. The summed E-state index contributed by atoms with van der Waals surface area (Å²) in [5.74, 6) is 0. The maximum absolute atomic E-state index is 12.5. The molecule has 1 aromatic heterocycles. The van der Waals surface area contributed by atoms with Crippen LogP contribution in [-0.4, -0.2) is 48.6 Å². The Kier molecular flexibility index (Phi) is 4.04. The molecule has 1 aliphatic heterocycles. The summed E-state index contributed by atoms with van der Waals surface area (Å²) in [4.78, 5) is 0.280. The summed E-state index contributed by atoms with van der Waals surface area (Å²) in [5, 5.41) is 9.79. The summed E-state index contributed by atoms with van der Waals surface area (Å²) >= 11 is 0. The molecule has 1 aromatic rings. The van der Waals surface area contributed by atoms with E-state index in [2.05, 4.69) is 15.5 Å². The summed E-state index contributed by atoms with van der Waals surface area (Å²) in [6.45, 7) is 5.57. The van der Waals surface area contributed by atoms with Gasteiger partial charge in [-0.1, -0.05) is 6.92 Å². The van der Waals surface area contributed by atoms with Gasteiger partial charge in [-0.2, -0.15) is 9.40 Å². The van der Waals surface area contributed by atoms with Gasteiger partial charge >= 0.3 is 0 Å². The highest BCUT2D eigenvalue weighted by Crippen LogP contribution is 2.19. The molecule has 0 bridgehead atoms. The van der Waals surface area contributed by atoms with Gasteiger partial charge in [0.05, 0.1) is 11.9 Å². The average molecular weight is 272 g/mol. The summed E-state index contributed by atoms with van der Waals surface area (Å²) in [5.41, 5.74) is 0.591. The van der Waals surface area contributed by atoms with Gasteiger partial charge in [0.2, 0.25) is 10.0 Å². The number of aromatic nitrogens is 2. The van der Waals surface area contributed by atoms with Crippen molar-refractivity contribution >= 4 is 10.0 Å². The van der Waals surface area contributed by atoms with Crippen LogP contribution in [0.1, 0.15) is 25.5 Å². The third-order valence-corrected chi connectivity index (χ3v) is 5.40. The largest absolute Gasteiger partial charge is 0.313 e. The molecule has 2 heterocycles. The number of likely N-dealkylation sites (N-methyl/N-ethyl adjacent to an activating group) is 1. The van der Waals surface area contributed by atoms with E-state index < -0.39 is 10.0 Å². The molecule has 7 heteroatoms. The number of sulfonamides is 1. The highest BCUT2D eigenvalue weighted by atomic mass is 32.2. The van der Waals surface area contributed by atoms with Gasteiger partial charge in [-0.3, -0.25) is 5.10 Å². The Balaban J connectivity index is 2.18. The van der Waals surface area contributed by atoms with Crippen LogP contribution >= 0.6 is 0 Å². The molecule has 2 rings (SSSR count). The molecule has 1 aliphatic rings. The molecule has 1 saturated heterocycles. The van der Waals surface area contributed by atoms with Gasteiger partial charge in [0, 0.05) is 19.1 Å². The van der Waals surface area contributed by atoms with E-state index in [1.807, 2.05) is 6.92 Å². The van der Waals surface area contributed by atoms with Crippen molar-refractivity contribution in [3.05, 3.63) is 11.9 Å². The number of nitrogens with zero attached hydrogens (tertiary/aromatic N) is 2. The lowest BCUT2D eigenvalue weighted by Crippen LogP contribution is -2.41. The SMILES string of the molecule is CCN(CC1CCCN1)S(=O)(=O)c1cn[nH]c1C. The third kappa shape index (κ3) is 2.57. The standard InChI is InChI=1S/C11H20N4O2S/c1-3-15(8-10-5-4-6-12-10)18(16,17)11-7-13-14-9(11)2/h7,10,12H,3-6,8H2,1-2H3,(H,13,14). The van der Waals surface area contributed by atoms with Crippen molar-refractivity contribution in [3.63, 3.8) is 0 Å². The van der Waals surface area contributed by atoms with E-state index in [0.717, 1.165) is 19.4 Å². The first-order chi connectivity index (χ1) is 8.55. The van der Waals surface area contributed by atoms with Gasteiger partial charge in [0.25, 0.3) is 0 Å². The van der Waals surface area contributed by atoms with Crippen molar-refractivity contribution in [1.82, 2.24) is 19.8 Å². The van der Waals surface area contributed by atoms with Crippen LogP contribution in [0.4, 0.5) is 0 Å². The first-order valence-electron chi connectivity index (χ1n) is 6.29. The Morgan fingerprint density at radius 1 is 1.56 bits per heavy atom. The molecule has 18 heavy (non-hydrogen) atoms. The molecule has 0 aromatic carbocycles. The molecule has 102 valence electrons. The maximum Gasteiger partial charge on any atom is 0.246 e. The summed E-state index contributed by atoms with van der Waals surface area (Å²) < 4.78 is 26.5. The zero-order chi connectivity index (χ0) is 13.2. The van der Waals surface area contributed by atoms with Crippen molar-refractivity contribution in [2.24, 2.45) is 0 Å². The van der Waals surface area contributed by atoms with Crippen LogP contribution in [0.25, 0.3) is 0 Å². The second kappa shape index (κ2) is 5.38. The van der Waals surface area contributed by atoms with Gasteiger partial charge in [-0.25, -0.2) is 8.42 Å². The van der Waals surface area contributed by atoms with Crippen molar-refractivity contribution in [2.75, 3.05) is 19.6 Å². The fourth-order valence-corrected chi connectivity index (χ4v) is 3.91. The van der Waals surface area contributed by atoms with Gasteiger partial charge in [0.15, 0.2) is 0 Å². The Labute approximate surface area is 108 Å². The summed E-state index contributed by atoms with van der Waals surface area (Å²) in [7, 11) is -3.43. The lowest BCUT2D eigenvalue weighted by atomic mass is 10.2. The molecule has 2 N–H and O–H groups in total. The lowest BCUT2D eigenvalue weighted by molar-refractivity contribution is 0.382. The quantitative estimate of drug-likeness (QED) is 0.817. The van der Waals surface area contributed by atoms with Gasteiger partial charge < -0.3 is 5.32 Å². The van der Waals surface area contributed by atoms with E-state index in [4.69, 9.17) is 0 Å². The number of aromatic amines is 1. The van der Waals surface area contributed by atoms with Crippen LogP contribution in [0.5, 0.6) is 0 Å². The molecule has 1 fully saturated rings. The number of hydrogen-bond acceptors (Lipinski definition) is 4. The molecule has 0 saturated carbocycles. The molecular weight excluding hydrogens is 252 g/mol. The zero-order valence-electron chi connectivity index (χ0n) is 10.8. The fourth-order valence-electron chi connectivity index (χ4n) is 2.29. The highest BCUT2D eigenvalue weighted by molar-refractivity contribution is 7.89. The first-order valence-corrected chi connectivity index (χ1v) is 7.73. The maximum atomic E-state index is 12.5. The predicted molar refractivity (Wildman–Crippen MR) is 68.8 cm³/mol. The Morgan fingerprint density at radius 3 is 2.83 bits per heavy atom. The number of H-pyrrole nitrogens is 1. The second-order valence-corrected chi connectivity index (χ2v) is 6.51. The molecule has 1 atom stereocenters. The minimum atomic E-state index is -3.43. The number of nitrogens with one attached hydrogen (secondary N) is 2. The molecule has 0 radical (unpaired) electrons. The van der Waals surface area contributed by atoms with Gasteiger partial charge in [0.1, 0.15) is 4.90 Å². The van der Waals surface area contributed by atoms with E-state index in [0.29, 0.717) is 18.8 Å². The molecule has 1 unspecified atom stereocenters. The summed E-state index contributed by atoms with van der Waals surface area (Å²) in [6, 6.07) is 0.270. The lowest BCUT2D eigenvalue weighted by Gasteiger charge is -2.23. The number of aryl methyl sites for hydroxylation is 1. The van der Waals surface area contributed by atoms with Crippen molar-refractivity contribution < 1.29 is 8.42 Å². The normalized spacial score (nSPS) is 20.7. The van der Waals surface area contributed by atoms with Crippen molar-refractivity contribution in [3.8, 4) is 0 Å². The third-order valence-electron chi connectivity index (χ3n) is 3.34. The van der Waals surface area contributed by atoms with Crippen LogP contribution in [0.15, 0.2) is 11.1 Å². The molecule has 0 amide bonds. The van der Waals surface area contributed by atoms with E-state index in [-0.39, 0.29) is 10.9 Å². The number of hydrogen-bond donors (Lipinski definition) is 2. The summed E-state index contributed by atoms with van der Waals surface area (Å²) in [6.07, 6.45) is 3.54. The van der Waals surface area contributed by atoms with E-state index in [1.165, 1.54) is 10.5 Å². The second-order valence-electron chi connectivity index (χ2n) is 4.61. The molecular formula is C11H20N4O2S. The van der Waals surface area contributed by atoms with E-state index >= 15 is 0 Å². The van der Waals surface area contributed by atoms with Gasteiger partial charge in [-0.15, -0.1) is 0 Å². The average Bonchev–Trinajstić information content (AvgIpc) is 2.96. The Morgan fingerprint density at radius 2 is 2.33 bits per heavy atom. The van der Waals surface area contributed by atoms with Crippen LogP contribution in [-0.2, 0) is 10.0 Å². The number of rotatable bonds is 5. The Bertz CT molecular complexity index is 491. The van der Waals surface area contributed by atoms with Crippen molar-refractivity contribution in [1.29, 1.82) is 0 Å². The monoisotopic (exact) mass is 272 g/mol. The van der Waals surface area contributed by atoms with Crippen molar-refractivity contribution in [2.45, 2.75) is 37.6 Å². The van der Waals surface area contributed by atoms with E-state index in [1.54, 1.807) is 6.92 Å². The minimum Gasteiger partial charge on any atom is -0.313 e. The van der Waals surface area contributed by atoms with Crippen LogP contribution < -0.4 is 5.32 Å². The fraction of sp³-hybridized carbons (Fsp3) is 0.727. The molecule has 0 aliphatic carbocycles. The van der Waals surface area contributed by atoms with Crippen LogP contribution in [0.3, 0.4) is 0 Å². The Hall–Kier alpha value is -0.920. The first kappa shape index (κ1) is 13.5. The van der Waals surface area contributed by atoms with E-state index in [9.17, 15) is 8.42 Å². The van der Waals surface area contributed by atoms with Crippen LogP contribution in [0.2, 0.25) is 0 Å². The van der Waals surface area contributed by atoms with Gasteiger partial charge in [-0.05, 0) is 26.3 Å². The molecule has 6 nitrogen and oxygen atoms in total. The topological polar surface area (TPSA) is 78.1 Å². The zero-order valence-corrected chi connectivity index (χ0v) is 11.6. The predicted octanol–water partition coefficient (Wildman–Crippen LogP) is 0.481. The minimum absolute atomic E-state index is 0.270. The smallest absolute Gasteiger partial charge is 0.246 e.